The summed E-state index contributed by atoms with van der Waals surface area (Å²) in [7, 11) is 0. The van der Waals surface area contributed by atoms with Gasteiger partial charge in [0.05, 0.1) is 0 Å². The van der Waals surface area contributed by atoms with Gasteiger partial charge in [0.1, 0.15) is 0 Å². The van der Waals surface area contributed by atoms with Gasteiger partial charge in [0, 0.05) is 0 Å². The third-order valence-corrected chi connectivity index (χ3v) is 27.9. The van der Waals surface area contributed by atoms with E-state index in [2.05, 4.69) is 106 Å². The van der Waals surface area contributed by atoms with Crippen molar-refractivity contribution in [2.24, 2.45) is 5.92 Å². The Morgan fingerprint density at radius 3 is 1.71 bits per heavy atom. The van der Waals surface area contributed by atoms with Gasteiger partial charge in [0.2, 0.25) is 0 Å². The Morgan fingerprint density at radius 1 is 0.686 bits per heavy atom. The van der Waals surface area contributed by atoms with Gasteiger partial charge in [-0.2, -0.15) is 0 Å². The molecule has 2 aromatic carbocycles. The zero-order chi connectivity index (χ0) is 24.4. The van der Waals surface area contributed by atoms with E-state index in [0.29, 0.717) is 9.54 Å². The molecule has 35 heavy (non-hydrogen) atoms. The van der Waals surface area contributed by atoms with E-state index in [0.717, 1.165) is 0 Å². The van der Waals surface area contributed by atoms with Crippen LogP contribution in [0.25, 0.3) is 5.57 Å². The summed E-state index contributed by atoms with van der Waals surface area (Å²) in [6.45, 7) is 26.9. The minimum Gasteiger partial charge on any atom is -0.147 e. The molecule has 0 saturated carbocycles. The van der Waals surface area contributed by atoms with Gasteiger partial charge in [-0.3, -0.25) is 0 Å². The number of rotatable bonds is 3. The van der Waals surface area contributed by atoms with Crippen molar-refractivity contribution in [3.05, 3.63) is 94.8 Å². The Labute approximate surface area is 234 Å². The van der Waals surface area contributed by atoms with Crippen LogP contribution < -0.4 is 0 Å². The van der Waals surface area contributed by atoms with Gasteiger partial charge in [0.15, 0.2) is 0 Å². The van der Waals surface area contributed by atoms with Gasteiger partial charge in [-0.15, -0.1) is 24.8 Å². The normalized spacial score (nSPS) is 19.1. The summed E-state index contributed by atoms with van der Waals surface area (Å²) in [4.78, 5) is 0. The van der Waals surface area contributed by atoms with E-state index in [1.165, 1.54) is 22.3 Å². The topological polar surface area (TPSA) is 0 Å². The molecule has 0 aromatic heterocycles. The quantitative estimate of drug-likeness (QED) is 0.306. The fourth-order valence-corrected chi connectivity index (χ4v) is 27.2. The molecule has 2 aliphatic rings. The molecule has 2 aromatic rings. The molecule has 0 aliphatic heterocycles. The molecule has 4 heteroatoms. The SMILES string of the molecule is CC1=C(C)C(C)[C]([Zr]([CH]2C(C)=C(c3ccccc3)c3c(C)c(C)c(C)c(C)c32)=[Si](C)C)=C1C.Cl.Cl. The second kappa shape index (κ2) is 11.4. The molecule has 188 valence electrons. The number of benzene rings is 2. The van der Waals surface area contributed by atoms with Crippen molar-refractivity contribution in [3.63, 3.8) is 0 Å². The number of hydrogen-bond donors (Lipinski definition) is 0. The van der Waals surface area contributed by atoms with Crippen LogP contribution >= 0.6 is 24.8 Å². The van der Waals surface area contributed by atoms with Crippen LogP contribution in [0.3, 0.4) is 0 Å². The molecular weight excluding hydrogens is 563 g/mol. The third-order valence-electron chi connectivity index (χ3n) is 8.92. The van der Waals surface area contributed by atoms with Gasteiger partial charge >= 0.3 is 211 Å². The number of allylic oxidation sites excluding steroid dienone is 5. The molecule has 0 spiro atoms. The van der Waals surface area contributed by atoms with E-state index in [4.69, 9.17) is 0 Å². The van der Waals surface area contributed by atoms with Crippen molar-refractivity contribution in [1.82, 2.24) is 0 Å². The number of fused-ring (bicyclic) bond motifs is 1. The van der Waals surface area contributed by atoms with Gasteiger partial charge in [-0.25, -0.2) is 0 Å². The van der Waals surface area contributed by atoms with Gasteiger partial charge in [-0.1, -0.05) is 0 Å². The molecular formula is C31H42Cl2SiZr. The van der Waals surface area contributed by atoms with E-state index >= 15 is 0 Å². The van der Waals surface area contributed by atoms with Crippen LogP contribution in [0.5, 0.6) is 0 Å². The third kappa shape index (κ3) is 4.71. The van der Waals surface area contributed by atoms with Crippen molar-refractivity contribution < 1.29 is 20.4 Å². The Bertz CT molecular complexity index is 1310. The van der Waals surface area contributed by atoms with Gasteiger partial charge in [0.25, 0.3) is 0 Å². The summed E-state index contributed by atoms with van der Waals surface area (Å²) in [5.41, 5.74) is 18.4. The fraction of sp³-hybridized carbons (Fsp3) is 0.419. The first kappa shape index (κ1) is 30.6. The van der Waals surface area contributed by atoms with Crippen molar-refractivity contribution >= 4 is 35.8 Å². The molecule has 0 nitrogen and oxygen atoms in total. The summed E-state index contributed by atoms with van der Waals surface area (Å²) < 4.78 is 2.59. The summed E-state index contributed by atoms with van der Waals surface area (Å²) in [6, 6.07) is 11.2. The van der Waals surface area contributed by atoms with Crippen molar-refractivity contribution in [2.75, 3.05) is 0 Å². The first-order chi connectivity index (χ1) is 15.5. The Hall–Kier alpha value is -0.660. The van der Waals surface area contributed by atoms with E-state index < -0.39 is 25.8 Å². The fourth-order valence-electron chi connectivity index (χ4n) is 6.43. The summed E-state index contributed by atoms with van der Waals surface area (Å²) in [5.74, 6) is 0.643. The maximum absolute atomic E-state index is 2.63. The van der Waals surface area contributed by atoms with E-state index in [1.807, 2.05) is 3.28 Å². The molecule has 0 N–H and O–H groups in total. The molecule has 0 amide bonds. The maximum atomic E-state index is 2.63. The Kier molecular flexibility index (Phi) is 9.94. The first-order valence-corrected chi connectivity index (χ1v) is 21.3. The molecule has 0 saturated heterocycles. The van der Waals surface area contributed by atoms with Gasteiger partial charge in [-0.05, 0) is 0 Å². The smallest absolute Gasteiger partial charge is 0.147 e. The Morgan fingerprint density at radius 2 is 1.23 bits per heavy atom. The Balaban J connectivity index is 0.00000216. The largest absolute Gasteiger partial charge is 0.147 e. The van der Waals surface area contributed by atoms with E-state index in [1.54, 1.807) is 44.6 Å². The summed E-state index contributed by atoms with van der Waals surface area (Å²) in [6.07, 6.45) is 0. The summed E-state index contributed by atoms with van der Waals surface area (Å²) in [5, 5.41) is 0. The average Bonchev–Trinajstić information content (AvgIpc) is 3.19. The van der Waals surface area contributed by atoms with Crippen LogP contribution in [0.15, 0.2) is 55.9 Å². The van der Waals surface area contributed by atoms with Crippen LogP contribution in [-0.4, -0.2) is 5.43 Å². The van der Waals surface area contributed by atoms with Crippen LogP contribution in [-0.2, 0) is 20.4 Å². The molecule has 2 unspecified atom stereocenters. The second-order valence-electron chi connectivity index (χ2n) is 10.6. The molecule has 2 aliphatic carbocycles. The van der Waals surface area contributed by atoms with Crippen LogP contribution in [0.1, 0.15) is 77.2 Å². The van der Waals surface area contributed by atoms with Crippen LogP contribution in [0, 0.1) is 33.6 Å². The first-order valence-electron chi connectivity index (χ1n) is 12.4. The zero-order valence-corrected chi connectivity index (χ0v) is 28.4. The van der Waals surface area contributed by atoms with Crippen molar-refractivity contribution in [3.8, 4) is 0 Å². The van der Waals surface area contributed by atoms with Crippen molar-refractivity contribution in [1.29, 1.82) is 0 Å². The number of halogens is 2. The molecule has 2 atom stereocenters. The van der Waals surface area contributed by atoms with Crippen LogP contribution in [0.4, 0.5) is 0 Å². The average molecular weight is 605 g/mol. The molecule has 0 bridgehead atoms. The molecule has 4 rings (SSSR count). The standard InChI is InChI=1S/C20H21.C9H13.C2H6Si.2ClH.Zr/c1-12-11-18-15(4)13(2)14(3)16(5)20(18)19(12)17-9-7-6-8-10-17;1-6-5-7(2)9(4)8(6)3;1-3-2;;;/h6-11H,1-5H3;6H,1-4H3;1-2H3;2*1H;. The summed E-state index contributed by atoms with van der Waals surface area (Å²) >= 11 is -2.04. The monoisotopic (exact) mass is 602 g/mol. The maximum Gasteiger partial charge on any atom is -0.147 e. The molecule has 0 radical (unpaired) electrons. The molecule has 0 heterocycles. The number of hydrogen-bond acceptors (Lipinski definition) is 0. The predicted octanol–water partition coefficient (Wildman–Crippen LogP) is 9.77. The van der Waals surface area contributed by atoms with E-state index in [9.17, 15) is 0 Å². The second-order valence-corrected chi connectivity index (χ2v) is 28.0. The molecule has 0 fully saturated rings. The van der Waals surface area contributed by atoms with Gasteiger partial charge < -0.3 is 0 Å². The predicted molar refractivity (Wildman–Crippen MR) is 158 cm³/mol. The van der Waals surface area contributed by atoms with Crippen molar-refractivity contribution in [2.45, 2.75) is 79.0 Å². The minimum absolute atomic E-state index is 0. The minimum atomic E-state index is -2.04. The zero-order valence-electron chi connectivity index (χ0n) is 23.4. The van der Waals surface area contributed by atoms with Crippen LogP contribution in [0.2, 0.25) is 13.1 Å². The van der Waals surface area contributed by atoms with E-state index in [-0.39, 0.29) is 24.8 Å².